The molecular formula is C9H16N2S. The Bertz CT molecular complexity index is 244. The van der Waals surface area contributed by atoms with Crippen LogP contribution in [0.2, 0.25) is 0 Å². The molecule has 2 nitrogen and oxygen atoms in total. The van der Waals surface area contributed by atoms with Crippen LogP contribution in [0.1, 0.15) is 29.8 Å². The maximum atomic E-state index is 5.98. The van der Waals surface area contributed by atoms with Crippen LogP contribution in [0.4, 0.5) is 0 Å². The minimum atomic E-state index is 0.00926. The fourth-order valence-corrected chi connectivity index (χ4v) is 2.18. The second kappa shape index (κ2) is 4.03. The van der Waals surface area contributed by atoms with Crippen molar-refractivity contribution < 1.29 is 0 Å². The number of rotatable bonds is 3. The monoisotopic (exact) mass is 184 g/mol. The van der Waals surface area contributed by atoms with Gasteiger partial charge in [-0.05, 0) is 30.4 Å². The van der Waals surface area contributed by atoms with Gasteiger partial charge in [-0.15, -0.1) is 11.3 Å². The summed E-state index contributed by atoms with van der Waals surface area (Å²) in [5.74, 6) is 0. The van der Waals surface area contributed by atoms with Gasteiger partial charge in [-0.25, -0.2) is 0 Å². The highest BCUT2D eigenvalue weighted by atomic mass is 32.1. The van der Waals surface area contributed by atoms with Crippen molar-refractivity contribution in [1.29, 1.82) is 0 Å². The van der Waals surface area contributed by atoms with E-state index in [0.29, 0.717) is 0 Å². The first-order valence-corrected chi connectivity index (χ1v) is 5.10. The van der Waals surface area contributed by atoms with Crippen LogP contribution >= 0.6 is 11.3 Å². The van der Waals surface area contributed by atoms with E-state index in [1.54, 1.807) is 11.3 Å². The summed E-state index contributed by atoms with van der Waals surface area (Å²) < 4.78 is 0. The molecule has 1 aromatic rings. The molecule has 0 spiro atoms. The molecule has 0 amide bonds. The highest BCUT2D eigenvalue weighted by molar-refractivity contribution is 7.10. The lowest BCUT2D eigenvalue weighted by Gasteiger charge is -2.17. The predicted molar refractivity (Wildman–Crippen MR) is 54.3 cm³/mol. The fourth-order valence-electron chi connectivity index (χ4n) is 1.17. The molecule has 0 aliphatic heterocycles. The van der Waals surface area contributed by atoms with Gasteiger partial charge in [0.2, 0.25) is 0 Å². The Morgan fingerprint density at radius 3 is 2.58 bits per heavy atom. The first kappa shape index (κ1) is 9.71. The minimum Gasteiger partial charge on any atom is -0.326 e. The Labute approximate surface area is 77.6 Å². The summed E-state index contributed by atoms with van der Waals surface area (Å²) in [6.45, 7) is 4.14. The quantitative estimate of drug-likeness (QED) is 0.752. The maximum Gasteiger partial charge on any atom is 0.0546 e. The number of hydrogen-bond acceptors (Lipinski definition) is 3. The summed E-state index contributed by atoms with van der Waals surface area (Å²) >= 11 is 1.70. The van der Waals surface area contributed by atoms with Crippen molar-refractivity contribution in [3.8, 4) is 0 Å². The summed E-state index contributed by atoms with van der Waals surface area (Å²) in [6.07, 6.45) is 0.929. The molecule has 68 valence electrons. The summed E-state index contributed by atoms with van der Waals surface area (Å²) in [5, 5.41) is 2.06. The third-order valence-electron chi connectivity index (χ3n) is 2.14. The molecular weight excluding hydrogens is 168 g/mol. The van der Waals surface area contributed by atoms with Crippen molar-refractivity contribution in [3.63, 3.8) is 0 Å². The Balaban J connectivity index is 2.77. The molecule has 0 aliphatic rings. The average molecular weight is 184 g/mol. The zero-order valence-corrected chi connectivity index (χ0v) is 8.40. The van der Waals surface area contributed by atoms with Crippen molar-refractivity contribution in [2.45, 2.75) is 32.4 Å². The van der Waals surface area contributed by atoms with Gasteiger partial charge in [0, 0.05) is 10.9 Å². The predicted octanol–water partition coefficient (Wildman–Crippen LogP) is 1.79. The molecule has 1 rings (SSSR count). The second-order valence-corrected chi connectivity index (χ2v) is 4.01. The first-order chi connectivity index (χ1) is 5.66. The molecule has 0 radical (unpaired) electrons. The van der Waals surface area contributed by atoms with Crippen molar-refractivity contribution in [2.75, 3.05) is 0 Å². The molecule has 4 N–H and O–H groups in total. The average Bonchev–Trinajstić information content (AvgIpc) is 2.48. The van der Waals surface area contributed by atoms with Gasteiger partial charge in [0.15, 0.2) is 0 Å². The van der Waals surface area contributed by atoms with Crippen LogP contribution in [0.25, 0.3) is 0 Å². The standard InChI is InChI=1S/C9H16N2S/c1-3-7(10)8(11)9-6(2)4-5-12-9/h4-5,7-8H,3,10-11H2,1-2H3/t7-,8+/m0/s1. The molecule has 0 fully saturated rings. The van der Waals surface area contributed by atoms with Crippen LogP contribution in [0.3, 0.4) is 0 Å². The normalized spacial score (nSPS) is 16.0. The van der Waals surface area contributed by atoms with Crippen molar-refractivity contribution in [2.24, 2.45) is 11.5 Å². The SMILES string of the molecule is CC[C@H](N)[C@@H](N)c1sccc1C. The molecule has 0 saturated carbocycles. The van der Waals surface area contributed by atoms with Crippen LogP contribution in [-0.4, -0.2) is 6.04 Å². The fraction of sp³-hybridized carbons (Fsp3) is 0.556. The van der Waals surface area contributed by atoms with E-state index in [-0.39, 0.29) is 12.1 Å². The zero-order valence-electron chi connectivity index (χ0n) is 7.58. The molecule has 0 saturated heterocycles. The van der Waals surface area contributed by atoms with E-state index in [1.807, 2.05) is 0 Å². The molecule has 3 heteroatoms. The summed E-state index contributed by atoms with van der Waals surface area (Å²) in [7, 11) is 0. The maximum absolute atomic E-state index is 5.98. The minimum absolute atomic E-state index is 0.00926. The molecule has 2 atom stereocenters. The molecule has 0 aliphatic carbocycles. The van der Waals surface area contributed by atoms with Gasteiger partial charge in [-0.3, -0.25) is 0 Å². The van der Waals surface area contributed by atoms with Gasteiger partial charge in [-0.1, -0.05) is 6.92 Å². The summed E-state index contributed by atoms with van der Waals surface area (Å²) in [6, 6.07) is 2.18. The number of hydrogen-bond donors (Lipinski definition) is 2. The van der Waals surface area contributed by atoms with E-state index in [1.165, 1.54) is 10.4 Å². The van der Waals surface area contributed by atoms with Gasteiger partial charge in [0.25, 0.3) is 0 Å². The van der Waals surface area contributed by atoms with Crippen LogP contribution in [0.5, 0.6) is 0 Å². The lowest BCUT2D eigenvalue weighted by atomic mass is 10.0. The van der Waals surface area contributed by atoms with E-state index >= 15 is 0 Å². The van der Waals surface area contributed by atoms with Crippen LogP contribution in [0, 0.1) is 6.92 Å². The number of aryl methyl sites for hydroxylation is 1. The molecule has 12 heavy (non-hydrogen) atoms. The molecule has 1 aromatic heterocycles. The first-order valence-electron chi connectivity index (χ1n) is 4.22. The Morgan fingerprint density at radius 1 is 1.50 bits per heavy atom. The van der Waals surface area contributed by atoms with E-state index in [2.05, 4.69) is 25.3 Å². The highest BCUT2D eigenvalue weighted by Crippen LogP contribution is 2.24. The lowest BCUT2D eigenvalue weighted by Crippen LogP contribution is -2.33. The molecule has 0 unspecified atom stereocenters. The molecule has 1 heterocycles. The van der Waals surface area contributed by atoms with E-state index < -0.39 is 0 Å². The van der Waals surface area contributed by atoms with Gasteiger partial charge in [-0.2, -0.15) is 0 Å². The van der Waals surface area contributed by atoms with Gasteiger partial charge >= 0.3 is 0 Å². The topological polar surface area (TPSA) is 52.0 Å². The summed E-state index contributed by atoms with van der Waals surface area (Å²) in [5.41, 5.74) is 13.1. The smallest absolute Gasteiger partial charge is 0.0546 e. The van der Waals surface area contributed by atoms with E-state index in [4.69, 9.17) is 11.5 Å². The summed E-state index contributed by atoms with van der Waals surface area (Å²) in [4.78, 5) is 1.23. The number of nitrogens with two attached hydrogens (primary N) is 2. The third kappa shape index (κ3) is 1.86. The van der Waals surface area contributed by atoms with Gasteiger partial charge in [0.1, 0.15) is 0 Å². The lowest BCUT2D eigenvalue weighted by molar-refractivity contribution is 0.537. The zero-order chi connectivity index (χ0) is 9.14. The third-order valence-corrected chi connectivity index (χ3v) is 3.26. The number of thiophene rings is 1. The largest absolute Gasteiger partial charge is 0.326 e. The molecule has 0 aromatic carbocycles. The molecule has 0 bridgehead atoms. The van der Waals surface area contributed by atoms with Gasteiger partial charge < -0.3 is 11.5 Å². The van der Waals surface area contributed by atoms with Crippen LogP contribution in [0.15, 0.2) is 11.4 Å². The van der Waals surface area contributed by atoms with Crippen molar-refractivity contribution >= 4 is 11.3 Å². The van der Waals surface area contributed by atoms with E-state index in [9.17, 15) is 0 Å². The van der Waals surface area contributed by atoms with Crippen molar-refractivity contribution in [1.82, 2.24) is 0 Å². The van der Waals surface area contributed by atoms with E-state index in [0.717, 1.165) is 6.42 Å². The van der Waals surface area contributed by atoms with Crippen LogP contribution < -0.4 is 11.5 Å². The Kier molecular flexibility index (Phi) is 3.26. The Morgan fingerprint density at radius 2 is 2.17 bits per heavy atom. The van der Waals surface area contributed by atoms with Crippen molar-refractivity contribution in [3.05, 3.63) is 21.9 Å². The Hall–Kier alpha value is -0.380. The second-order valence-electron chi connectivity index (χ2n) is 3.07. The highest BCUT2D eigenvalue weighted by Gasteiger charge is 2.16. The van der Waals surface area contributed by atoms with Gasteiger partial charge in [0.05, 0.1) is 6.04 Å². The van der Waals surface area contributed by atoms with Crippen LogP contribution in [-0.2, 0) is 0 Å².